The number of hydrogen-bond donors (Lipinski definition) is 0. The van der Waals surface area contributed by atoms with Gasteiger partial charge in [-0.1, -0.05) is 53.3 Å². The van der Waals surface area contributed by atoms with Gasteiger partial charge in [0.1, 0.15) is 0 Å². The fourth-order valence-electron chi connectivity index (χ4n) is 2.24. The highest BCUT2D eigenvalue weighted by Gasteiger charge is 2.22. The SMILES string of the molecule is C=C(/C=C(C)\C(=C/C)C(C)C)C(C)(CC)CC. The van der Waals surface area contributed by atoms with Crippen LogP contribution in [-0.4, -0.2) is 0 Å². The first kappa shape index (κ1) is 16.2. The summed E-state index contributed by atoms with van der Waals surface area (Å²) < 4.78 is 0. The van der Waals surface area contributed by atoms with Crippen molar-refractivity contribution in [3.8, 4) is 0 Å². The average molecular weight is 234 g/mol. The van der Waals surface area contributed by atoms with Gasteiger partial charge in [0.25, 0.3) is 0 Å². The molecule has 0 saturated heterocycles. The molecule has 0 aromatic rings. The molecule has 0 rings (SSSR count). The fourth-order valence-corrected chi connectivity index (χ4v) is 2.24. The summed E-state index contributed by atoms with van der Waals surface area (Å²) in [7, 11) is 0. The van der Waals surface area contributed by atoms with Gasteiger partial charge in [0, 0.05) is 0 Å². The van der Waals surface area contributed by atoms with Crippen LogP contribution in [0.2, 0.25) is 0 Å². The molecule has 0 aliphatic carbocycles. The monoisotopic (exact) mass is 234 g/mol. The van der Waals surface area contributed by atoms with Crippen molar-refractivity contribution in [3.05, 3.63) is 35.5 Å². The highest BCUT2D eigenvalue weighted by molar-refractivity contribution is 5.37. The molecule has 0 heterocycles. The topological polar surface area (TPSA) is 0 Å². The van der Waals surface area contributed by atoms with E-state index in [9.17, 15) is 0 Å². The Labute approximate surface area is 109 Å². The van der Waals surface area contributed by atoms with Crippen LogP contribution in [0.5, 0.6) is 0 Å². The number of rotatable bonds is 6. The van der Waals surface area contributed by atoms with E-state index in [2.05, 4.69) is 67.2 Å². The van der Waals surface area contributed by atoms with Gasteiger partial charge in [-0.05, 0) is 54.7 Å². The van der Waals surface area contributed by atoms with Crippen molar-refractivity contribution in [3.63, 3.8) is 0 Å². The first-order chi connectivity index (χ1) is 7.82. The summed E-state index contributed by atoms with van der Waals surface area (Å²) in [6, 6.07) is 0. The standard InChI is InChI=1S/C17H30/c1-9-16(13(4)5)14(6)12-15(7)17(8,10-2)11-3/h9,12-13H,7,10-11H2,1-6,8H3/b14-12-,16-9-. The van der Waals surface area contributed by atoms with E-state index in [0.717, 1.165) is 12.8 Å². The molecule has 0 nitrogen and oxygen atoms in total. The maximum absolute atomic E-state index is 4.28. The van der Waals surface area contributed by atoms with Crippen molar-refractivity contribution >= 4 is 0 Å². The van der Waals surface area contributed by atoms with E-state index in [-0.39, 0.29) is 5.41 Å². The lowest BCUT2D eigenvalue weighted by molar-refractivity contribution is 0.377. The average Bonchev–Trinajstić information content (AvgIpc) is 2.28. The van der Waals surface area contributed by atoms with Crippen LogP contribution < -0.4 is 0 Å². The second kappa shape index (κ2) is 6.83. The Morgan fingerprint density at radius 3 is 2.00 bits per heavy atom. The van der Waals surface area contributed by atoms with Crippen molar-refractivity contribution in [2.24, 2.45) is 11.3 Å². The van der Waals surface area contributed by atoms with Gasteiger partial charge in [0.2, 0.25) is 0 Å². The lowest BCUT2D eigenvalue weighted by Gasteiger charge is -2.28. The predicted octanol–water partition coefficient (Wildman–Crippen LogP) is 5.92. The fraction of sp³-hybridized carbons (Fsp3) is 0.647. The molecule has 0 N–H and O–H groups in total. The normalized spacial score (nSPS) is 14.4. The molecule has 0 radical (unpaired) electrons. The molecule has 17 heavy (non-hydrogen) atoms. The maximum Gasteiger partial charge on any atom is -0.00862 e. The minimum Gasteiger partial charge on any atom is -0.0953 e. The Morgan fingerprint density at radius 2 is 1.71 bits per heavy atom. The van der Waals surface area contributed by atoms with Crippen LogP contribution in [0.25, 0.3) is 0 Å². The zero-order valence-electron chi connectivity index (χ0n) is 12.9. The molecule has 0 spiro atoms. The number of allylic oxidation sites excluding steroid dienone is 5. The van der Waals surface area contributed by atoms with Crippen molar-refractivity contribution in [1.82, 2.24) is 0 Å². The van der Waals surface area contributed by atoms with Crippen LogP contribution >= 0.6 is 0 Å². The van der Waals surface area contributed by atoms with Crippen LogP contribution in [-0.2, 0) is 0 Å². The molecule has 0 unspecified atom stereocenters. The Bertz CT molecular complexity index is 309. The molecule has 0 saturated carbocycles. The van der Waals surface area contributed by atoms with Gasteiger partial charge in [0.05, 0.1) is 0 Å². The summed E-state index contributed by atoms with van der Waals surface area (Å²) >= 11 is 0. The predicted molar refractivity (Wildman–Crippen MR) is 80.2 cm³/mol. The van der Waals surface area contributed by atoms with Crippen molar-refractivity contribution in [1.29, 1.82) is 0 Å². The molecular weight excluding hydrogens is 204 g/mol. The second-order valence-electron chi connectivity index (χ2n) is 5.52. The first-order valence-electron chi connectivity index (χ1n) is 6.86. The molecule has 0 aromatic heterocycles. The third-order valence-electron chi connectivity index (χ3n) is 4.11. The molecule has 0 heteroatoms. The molecule has 0 atom stereocenters. The minimum absolute atomic E-state index is 0.247. The van der Waals surface area contributed by atoms with E-state index in [1.54, 1.807) is 0 Å². The zero-order valence-corrected chi connectivity index (χ0v) is 12.9. The maximum atomic E-state index is 4.28. The number of hydrogen-bond acceptors (Lipinski definition) is 0. The van der Waals surface area contributed by atoms with Crippen LogP contribution in [0.3, 0.4) is 0 Å². The van der Waals surface area contributed by atoms with E-state index < -0.39 is 0 Å². The van der Waals surface area contributed by atoms with Gasteiger partial charge >= 0.3 is 0 Å². The van der Waals surface area contributed by atoms with E-state index in [4.69, 9.17) is 0 Å². The van der Waals surface area contributed by atoms with Crippen LogP contribution in [0.15, 0.2) is 35.5 Å². The molecular formula is C17H30. The molecule has 0 aliphatic rings. The summed E-state index contributed by atoms with van der Waals surface area (Å²) in [4.78, 5) is 0. The Hall–Kier alpha value is -0.780. The van der Waals surface area contributed by atoms with E-state index in [0.29, 0.717) is 5.92 Å². The van der Waals surface area contributed by atoms with Crippen molar-refractivity contribution in [2.75, 3.05) is 0 Å². The Balaban J connectivity index is 5.10. The Kier molecular flexibility index (Phi) is 6.52. The lowest BCUT2D eigenvalue weighted by atomic mass is 9.77. The minimum atomic E-state index is 0.247. The van der Waals surface area contributed by atoms with Gasteiger partial charge in [-0.15, -0.1) is 0 Å². The smallest absolute Gasteiger partial charge is 0.00862 e. The second-order valence-corrected chi connectivity index (χ2v) is 5.52. The summed E-state index contributed by atoms with van der Waals surface area (Å²) in [6.07, 6.45) is 6.80. The molecule has 0 fully saturated rings. The first-order valence-corrected chi connectivity index (χ1v) is 6.86. The molecule has 0 aliphatic heterocycles. The van der Waals surface area contributed by atoms with Gasteiger partial charge in [-0.25, -0.2) is 0 Å². The van der Waals surface area contributed by atoms with Crippen molar-refractivity contribution < 1.29 is 0 Å². The van der Waals surface area contributed by atoms with Crippen molar-refractivity contribution in [2.45, 2.75) is 61.3 Å². The van der Waals surface area contributed by atoms with Gasteiger partial charge in [-0.3, -0.25) is 0 Å². The van der Waals surface area contributed by atoms with Crippen LogP contribution in [0, 0.1) is 11.3 Å². The third kappa shape index (κ3) is 4.18. The highest BCUT2D eigenvalue weighted by Crippen LogP contribution is 2.35. The Morgan fingerprint density at radius 1 is 1.24 bits per heavy atom. The van der Waals surface area contributed by atoms with Crippen LogP contribution in [0.1, 0.15) is 61.3 Å². The molecule has 98 valence electrons. The largest absolute Gasteiger partial charge is 0.0953 e. The van der Waals surface area contributed by atoms with Gasteiger partial charge in [-0.2, -0.15) is 0 Å². The van der Waals surface area contributed by atoms with Crippen LogP contribution in [0.4, 0.5) is 0 Å². The zero-order chi connectivity index (χ0) is 13.6. The van der Waals surface area contributed by atoms with E-state index in [1.165, 1.54) is 16.7 Å². The lowest BCUT2D eigenvalue weighted by Crippen LogP contribution is -2.15. The van der Waals surface area contributed by atoms with E-state index >= 15 is 0 Å². The highest BCUT2D eigenvalue weighted by atomic mass is 14.3. The molecule has 0 bridgehead atoms. The quantitative estimate of drug-likeness (QED) is 0.501. The summed E-state index contributed by atoms with van der Waals surface area (Å²) in [5, 5.41) is 0. The molecule has 0 aromatic carbocycles. The van der Waals surface area contributed by atoms with E-state index in [1.807, 2.05) is 0 Å². The third-order valence-corrected chi connectivity index (χ3v) is 4.11. The molecule has 0 amide bonds. The summed E-state index contributed by atoms with van der Waals surface area (Å²) in [5.41, 5.74) is 4.30. The van der Waals surface area contributed by atoms with Gasteiger partial charge < -0.3 is 0 Å². The summed E-state index contributed by atoms with van der Waals surface area (Å²) in [6.45, 7) is 19.9. The van der Waals surface area contributed by atoms with Gasteiger partial charge in [0.15, 0.2) is 0 Å². The summed E-state index contributed by atoms with van der Waals surface area (Å²) in [5.74, 6) is 0.582.